The van der Waals surface area contributed by atoms with Crippen molar-refractivity contribution in [1.82, 2.24) is 73.5 Å². The molecule has 0 radical (unpaired) electrons. The molecule has 113 heavy (non-hydrogen) atoms. The number of hydrogen-bond donors (Lipinski definition) is 16. The average Bonchev–Trinajstić information content (AvgIpc) is 1.39. The Labute approximate surface area is 670 Å². The van der Waals surface area contributed by atoms with Crippen LogP contribution in [0.25, 0.3) is 0 Å². The van der Waals surface area contributed by atoms with Crippen LogP contribution < -0.4 is 58.7 Å². The number of urea groups is 2. The number of nitrogens with one attached hydrogen (secondary N) is 11. The van der Waals surface area contributed by atoms with Crippen LogP contribution in [0, 0.1) is 17.8 Å². The number of amides is 12. The van der Waals surface area contributed by atoms with Crippen LogP contribution in [-0.4, -0.2) is 230 Å². The zero-order valence-corrected chi connectivity index (χ0v) is 68.1. The van der Waals surface area contributed by atoms with Gasteiger partial charge in [0.15, 0.2) is 0 Å². The molecule has 2 heterocycles. The van der Waals surface area contributed by atoms with E-state index in [-0.39, 0.29) is 110 Å². The van der Waals surface area contributed by atoms with Crippen molar-refractivity contribution < 1.29 is 102 Å². The minimum atomic E-state index is -1.72. The Morgan fingerprint density at radius 3 is 1.97 bits per heavy atom. The van der Waals surface area contributed by atoms with E-state index in [9.17, 15) is 87.5 Å². The van der Waals surface area contributed by atoms with Crippen LogP contribution in [0.4, 0.5) is 14.4 Å². The summed E-state index contributed by atoms with van der Waals surface area (Å²) in [6.45, 7) is 16.5. The van der Waals surface area contributed by atoms with Gasteiger partial charge in [-0.1, -0.05) is 112 Å². The molecule has 1 fully saturated rings. The molecule has 11 atom stereocenters. The number of nitrogens with zero attached hydrogens (tertiary/aromatic N) is 3. The molecule has 1 aliphatic rings. The van der Waals surface area contributed by atoms with E-state index >= 15 is 0 Å². The van der Waals surface area contributed by atoms with E-state index in [0.29, 0.717) is 67.8 Å². The second-order valence-electron chi connectivity index (χ2n) is 28.4. The Hall–Kier alpha value is -9.53. The van der Waals surface area contributed by atoms with Crippen molar-refractivity contribution in [3.63, 3.8) is 0 Å². The number of likely N-dealkylation sites (tertiary alicyclic amines) is 1. The largest absolute Gasteiger partial charge is 0.508 e. The summed E-state index contributed by atoms with van der Waals surface area (Å²) in [5.41, 5.74) is 6.59. The molecule has 0 spiro atoms. The third-order valence-corrected chi connectivity index (χ3v) is 22.0. The molecule has 38 heteroatoms. The highest BCUT2D eigenvalue weighted by Gasteiger charge is 2.38. The number of piperidine rings is 1. The predicted molar refractivity (Wildman–Crippen MR) is 423 cm³/mol. The van der Waals surface area contributed by atoms with Crippen LogP contribution in [0.1, 0.15) is 177 Å². The van der Waals surface area contributed by atoms with E-state index < -0.39 is 133 Å². The molecule has 1 unspecified atom stereocenters. The summed E-state index contributed by atoms with van der Waals surface area (Å²) in [5, 5.41) is 73.3. The number of unbranched alkanes of at least 4 members (excludes halogenated alkanes) is 1. The number of ether oxygens (including phenoxy) is 2. The number of aromatic hydroxyl groups is 1. The first-order valence-corrected chi connectivity index (χ1v) is 41.4. The number of carbonyl (C=O) groups is 14. The van der Waals surface area contributed by atoms with Crippen LogP contribution in [0.15, 0.2) is 53.9 Å². The maximum absolute atomic E-state index is 14.7. The summed E-state index contributed by atoms with van der Waals surface area (Å²) in [7, 11) is 4.45. The maximum Gasteiger partial charge on any atom is 0.426 e. The lowest BCUT2D eigenvalue weighted by molar-refractivity contribution is -0.148. The third kappa shape index (κ3) is 37.3. The van der Waals surface area contributed by atoms with Gasteiger partial charge in [-0.15, -0.1) is 11.3 Å². The first kappa shape index (κ1) is 95.8. The van der Waals surface area contributed by atoms with Crippen LogP contribution in [-0.2, 0) is 83.2 Å². The van der Waals surface area contributed by atoms with Gasteiger partial charge in [0, 0.05) is 79.5 Å². The highest BCUT2D eigenvalue weighted by molar-refractivity contribution is 8.76. The fourth-order valence-corrected chi connectivity index (χ4v) is 14.9. The normalized spacial score (nSPS) is 15.4. The molecule has 3 aromatic rings. The van der Waals surface area contributed by atoms with Gasteiger partial charge in [-0.3, -0.25) is 58.3 Å². The number of likely N-dealkylation sites (N-methyl/N-ethyl adjacent to an activating group) is 1. The van der Waals surface area contributed by atoms with Crippen molar-refractivity contribution in [2.45, 2.75) is 225 Å². The Morgan fingerprint density at radius 1 is 0.673 bits per heavy atom. The number of thiazole rings is 1. The zero-order valence-electron chi connectivity index (χ0n) is 65.6. The molecular formula is C75H114N14O21S3. The molecule has 16 N–H and O–H groups in total. The summed E-state index contributed by atoms with van der Waals surface area (Å²) in [5.74, 6) is -10.2. The number of hydrogen-bond acceptors (Lipinski definition) is 22. The quantitative estimate of drug-likeness (QED) is 0.0150. The lowest BCUT2D eigenvalue weighted by atomic mass is 9.93. The molecule has 1 aromatic heterocycles. The average molecular weight is 1640 g/mol. The molecule has 2 aromatic carbocycles. The van der Waals surface area contributed by atoms with Gasteiger partial charge in [0.05, 0.1) is 30.3 Å². The number of aliphatic carboxylic acids is 4. The van der Waals surface area contributed by atoms with Crippen LogP contribution in [0.3, 0.4) is 0 Å². The van der Waals surface area contributed by atoms with Crippen LogP contribution in [0.2, 0.25) is 0 Å². The molecule has 628 valence electrons. The van der Waals surface area contributed by atoms with Crippen molar-refractivity contribution in [1.29, 1.82) is 0 Å². The highest BCUT2D eigenvalue weighted by Crippen LogP contribution is 2.26. The van der Waals surface area contributed by atoms with Crippen molar-refractivity contribution in [2.24, 2.45) is 17.8 Å². The van der Waals surface area contributed by atoms with E-state index in [4.69, 9.17) is 19.6 Å². The monoisotopic (exact) mass is 1640 g/mol. The molecule has 1 saturated heterocycles. The minimum Gasteiger partial charge on any atom is -0.508 e. The summed E-state index contributed by atoms with van der Waals surface area (Å²) in [4.78, 5) is 188. The Morgan fingerprint density at radius 2 is 1.34 bits per heavy atom. The molecule has 0 aliphatic carbocycles. The van der Waals surface area contributed by atoms with Gasteiger partial charge in [-0.2, -0.15) is 0 Å². The van der Waals surface area contributed by atoms with E-state index in [1.54, 1.807) is 67.4 Å². The number of phenols is 1. The number of benzene rings is 2. The lowest BCUT2D eigenvalue weighted by Crippen LogP contribution is -2.59. The molecule has 0 saturated carbocycles. The molecule has 12 amide bonds. The number of carboxylic acids is 4. The van der Waals surface area contributed by atoms with Gasteiger partial charge in [0.1, 0.15) is 48.9 Å². The summed E-state index contributed by atoms with van der Waals surface area (Å²) in [6.07, 6.45) is 3.17. The lowest BCUT2D eigenvalue weighted by Gasteiger charge is -2.39. The second-order valence-corrected chi connectivity index (χ2v) is 32.0. The van der Waals surface area contributed by atoms with Gasteiger partial charge >= 0.3 is 42.0 Å². The molecule has 1 aliphatic heterocycles. The second kappa shape index (κ2) is 51.3. The van der Waals surface area contributed by atoms with Gasteiger partial charge < -0.3 is 87.8 Å². The number of phenolic OH excluding ortho intramolecular Hbond substituents is 1. The third-order valence-electron chi connectivity index (χ3n) is 18.5. The first-order chi connectivity index (χ1) is 53.7. The fraction of sp³-hybridized carbons (Fsp3) is 0.613. The summed E-state index contributed by atoms with van der Waals surface area (Å²) < 4.78 is 11.3. The Bertz CT molecular complexity index is 3600. The number of hydrazine groups is 1. The zero-order chi connectivity index (χ0) is 83.7. The van der Waals surface area contributed by atoms with Crippen molar-refractivity contribution in [3.05, 3.63) is 81.3 Å². The van der Waals surface area contributed by atoms with Gasteiger partial charge in [-0.25, -0.2) is 29.6 Å². The number of aryl methyl sites for hydroxylation is 1. The first-order valence-electron chi connectivity index (χ1n) is 38.0. The van der Waals surface area contributed by atoms with Gasteiger partial charge in [-0.05, 0) is 132 Å². The minimum absolute atomic E-state index is 0.0163. The van der Waals surface area contributed by atoms with Crippen LogP contribution >= 0.6 is 32.9 Å². The summed E-state index contributed by atoms with van der Waals surface area (Å²) in [6, 6.07) is 3.82. The van der Waals surface area contributed by atoms with Crippen molar-refractivity contribution in [3.8, 4) is 5.75 Å². The van der Waals surface area contributed by atoms with E-state index in [2.05, 4.69) is 58.7 Å². The predicted octanol–water partition coefficient (Wildman–Crippen LogP) is 5.18. The van der Waals surface area contributed by atoms with E-state index in [1.807, 2.05) is 46.6 Å². The number of carbonyl (C=O) groups excluding carboxylic acids is 10. The van der Waals surface area contributed by atoms with Gasteiger partial charge in [0.25, 0.3) is 5.91 Å². The number of rotatable bonds is 51. The maximum atomic E-state index is 14.7. The van der Waals surface area contributed by atoms with Crippen molar-refractivity contribution in [2.75, 3.05) is 51.6 Å². The van der Waals surface area contributed by atoms with Gasteiger partial charge in [0.2, 0.25) is 35.4 Å². The standard InChI is InChI=1S/C75H114N14O21S3/c1-10-32-109-43-89(71(103)65(45(5)11-2)85-70(102)59-17-13-15-31-88(59)9)58(44(3)4)27-28-61-82-57(42-111-61)69(101)80-52(36-49-22-24-53(90)25-23-49)35-46(6)66(98)86-87-75(108)110-33-34-112-113-41-48(8)78-67(99)56(39-64(96)97)83-68(100)55(38-63(94)95)81-60(91)37-50-18-20-51(21-19-50)40-77-73(106)76-30-14-12-16-47(7)79-74(107)84-54(72(104)105)26-29-62(92)93/h18-25,42,44-48,52,54-56,58-59,65,90H,10-17,26-41,43H2,1-9H3,(H,78,99)(H,80,101)(H,81,91)(H,83,100)(H,85,102)(H,86,98)(H,87,108)(H,92,93)(H,94,95)(H,96,97)(H,104,105)(H2,76,77,106)(H2,79,84,107)/t45?,46-,47+,48+,52+,54-,55-,56-,58+,59+,65-/m0/s1. The Balaban J connectivity index is 1.20. The highest BCUT2D eigenvalue weighted by atomic mass is 33.1. The topological polar surface area (TPSA) is 510 Å². The van der Waals surface area contributed by atoms with Crippen molar-refractivity contribution >= 4 is 116 Å². The van der Waals surface area contributed by atoms with E-state index in [1.165, 1.54) is 45.1 Å². The van der Waals surface area contributed by atoms with E-state index in [0.717, 1.165) is 37.8 Å². The molecule has 35 nitrogen and oxygen atoms in total. The molecule has 0 bridgehead atoms. The smallest absolute Gasteiger partial charge is 0.426 e. The number of carboxylic acid groups (broad SMARTS) is 4. The fourth-order valence-electron chi connectivity index (χ4n) is 12.0. The summed E-state index contributed by atoms with van der Waals surface area (Å²) >= 11 is 1.30. The van der Waals surface area contributed by atoms with Crippen LogP contribution in [0.5, 0.6) is 5.75 Å². The molecular weight excluding hydrogens is 1530 g/mol. The number of aromatic nitrogens is 1. The molecule has 4 rings (SSSR count). The Kier molecular flexibility index (Phi) is 43.5. The SMILES string of the molecule is CCCOCN(C(=O)[C@@H](NC(=O)[C@H]1CCCCN1C)C(C)CC)[C@H](CCc1nc(C(=O)N[C@@H](Cc2ccc(O)cc2)C[C@H](C)C(=O)NNC(=O)OCCSSC[C@@H](C)NC(=O)[C@H](CC(=O)O)NC(=O)[C@H](CC(=O)O)NC(=O)Cc2ccc(CNC(=O)NCCCC[C@@H](C)NC(=O)N[C@@H](CCC(=O)O)C(=O)O)cc2)cs1)C(C)C.